The number of thioether (sulfide) groups is 1. The second-order valence-electron chi connectivity index (χ2n) is 6.89. The van der Waals surface area contributed by atoms with E-state index in [9.17, 15) is 13.6 Å². The predicted molar refractivity (Wildman–Crippen MR) is 129 cm³/mol. The van der Waals surface area contributed by atoms with Crippen LogP contribution in [0.1, 0.15) is 5.82 Å². The van der Waals surface area contributed by atoms with Crippen LogP contribution in [0.15, 0.2) is 82.4 Å². The third-order valence-corrected chi connectivity index (χ3v) is 6.00. The van der Waals surface area contributed by atoms with E-state index in [2.05, 4.69) is 36.8 Å². The first-order valence-electron chi connectivity index (χ1n) is 9.86. The number of hydrogen-bond donors (Lipinski definition) is 2. The third kappa shape index (κ3) is 5.96. The van der Waals surface area contributed by atoms with E-state index in [-0.39, 0.29) is 11.4 Å². The van der Waals surface area contributed by atoms with Crippen LogP contribution in [0.25, 0.3) is 5.69 Å². The number of hydrogen-bond acceptors (Lipinski definition) is 5. The molecule has 2 N–H and O–H groups in total. The van der Waals surface area contributed by atoms with E-state index >= 15 is 0 Å². The Balaban J connectivity index is 1.49. The summed E-state index contributed by atoms with van der Waals surface area (Å²) in [7, 11) is 0. The Kier molecular flexibility index (Phi) is 7.36. The molecular weight excluding hydrogens is 512 g/mol. The second-order valence-corrected chi connectivity index (χ2v) is 8.75. The zero-order valence-corrected chi connectivity index (χ0v) is 19.5. The molecule has 0 aliphatic carbocycles. The molecule has 0 unspecified atom stereocenters. The maximum atomic E-state index is 13.8. The summed E-state index contributed by atoms with van der Waals surface area (Å²) in [5, 5.41) is 14.8. The van der Waals surface area contributed by atoms with Crippen LogP contribution < -0.4 is 10.6 Å². The minimum atomic E-state index is -0.831. The van der Waals surface area contributed by atoms with E-state index in [0.717, 1.165) is 28.0 Å². The van der Waals surface area contributed by atoms with Crippen molar-refractivity contribution in [2.24, 2.45) is 0 Å². The van der Waals surface area contributed by atoms with Gasteiger partial charge in [0.2, 0.25) is 5.91 Å². The van der Waals surface area contributed by atoms with Crippen LogP contribution >= 0.6 is 27.7 Å². The number of anilines is 2. The number of nitrogens with one attached hydrogen (secondary N) is 2. The summed E-state index contributed by atoms with van der Waals surface area (Å²) < 4.78 is 29.7. The molecule has 0 aliphatic rings. The lowest BCUT2D eigenvalue weighted by Crippen LogP contribution is -2.16. The van der Waals surface area contributed by atoms with Crippen molar-refractivity contribution in [3.63, 3.8) is 0 Å². The Hall–Kier alpha value is -3.24. The van der Waals surface area contributed by atoms with E-state index in [0.29, 0.717) is 17.5 Å². The van der Waals surface area contributed by atoms with Gasteiger partial charge in [0, 0.05) is 21.9 Å². The molecule has 0 fully saturated rings. The molecule has 1 amide bonds. The van der Waals surface area contributed by atoms with Crippen molar-refractivity contribution < 1.29 is 13.6 Å². The summed E-state index contributed by atoms with van der Waals surface area (Å²) in [5.41, 5.74) is 1.70. The molecule has 4 rings (SSSR count). The molecule has 0 radical (unpaired) electrons. The van der Waals surface area contributed by atoms with E-state index < -0.39 is 17.5 Å². The average molecular weight is 530 g/mol. The fourth-order valence-corrected chi connectivity index (χ4v) is 4.04. The summed E-state index contributed by atoms with van der Waals surface area (Å²) in [6, 6.07) is 20.3. The minimum absolute atomic E-state index is 0.0259. The molecule has 0 atom stereocenters. The van der Waals surface area contributed by atoms with Gasteiger partial charge in [-0.1, -0.05) is 45.9 Å². The van der Waals surface area contributed by atoms with Gasteiger partial charge >= 0.3 is 0 Å². The monoisotopic (exact) mass is 529 g/mol. The number of benzene rings is 3. The molecule has 6 nitrogen and oxygen atoms in total. The van der Waals surface area contributed by atoms with Gasteiger partial charge in [0.15, 0.2) is 11.0 Å². The number of halogens is 3. The minimum Gasteiger partial charge on any atom is -0.378 e. The number of amides is 1. The summed E-state index contributed by atoms with van der Waals surface area (Å²) in [6.07, 6.45) is 0. The average Bonchev–Trinajstić information content (AvgIpc) is 3.22. The highest BCUT2D eigenvalue weighted by molar-refractivity contribution is 9.10. The van der Waals surface area contributed by atoms with Gasteiger partial charge in [0.05, 0.1) is 18.0 Å². The third-order valence-electron chi connectivity index (χ3n) is 4.55. The van der Waals surface area contributed by atoms with Crippen molar-refractivity contribution in [3.05, 3.63) is 94.7 Å². The number of nitrogens with zero attached hydrogens (tertiary/aromatic N) is 3. The highest BCUT2D eigenvalue weighted by Gasteiger charge is 2.16. The topological polar surface area (TPSA) is 71.8 Å². The maximum absolute atomic E-state index is 13.8. The van der Waals surface area contributed by atoms with Crippen LogP contribution in [0.3, 0.4) is 0 Å². The van der Waals surface area contributed by atoms with Gasteiger partial charge in [-0.25, -0.2) is 8.78 Å². The van der Waals surface area contributed by atoms with Crippen molar-refractivity contribution in [2.75, 3.05) is 16.4 Å². The van der Waals surface area contributed by atoms with Crippen LogP contribution in [0.5, 0.6) is 0 Å². The smallest absolute Gasteiger partial charge is 0.234 e. The lowest BCUT2D eigenvalue weighted by Gasteiger charge is -2.12. The van der Waals surface area contributed by atoms with Gasteiger partial charge in [-0.05, 0) is 48.5 Å². The molecule has 10 heteroatoms. The summed E-state index contributed by atoms with van der Waals surface area (Å²) in [6.45, 7) is 0.414. The molecule has 168 valence electrons. The molecule has 0 saturated carbocycles. The van der Waals surface area contributed by atoms with Crippen LogP contribution in [0.4, 0.5) is 20.2 Å². The number of rotatable bonds is 8. The number of aromatic nitrogens is 3. The second kappa shape index (κ2) is 10.6. The summed E-state index contributed by atoms with van der Waals surface area (Å²) in [4.78, 5) is 12.3. The number of para-hydroxylation sites is 1. The molecule has 0 saturated heterocycles. The normalized spacial score (nSPS) is 10.8. The molecule has 33 heavy (non-hydrogen) atoms. The van der Waals surface area contributed by atoms with Crippen molar-refractivity contribution in [1.82, 2.24) is 14.8 Å². The van der Waals surface area contributed by atoms with Gasteiger partial charge < -0.3 is 10.6 Å². The SMILES string of the molecule is O=C(CSc1nnc(CNc2ccc(Br)cc2)n1-c1ccccc1)Nc1ccc(F)cc1F. The predicted octanol–water partition coefficient (Wildman–Crippen LogP) is 5.65. The maximum Gasteiger partial charge on any atom is 0.234 e. The first kappa shape index (κ1) is 22.9. The van der Waals surface area contributed by atoms with Crippen molar-refractivity contribution in [2.45, 2.75) is 11.7 Å². The molecule has 1 aromatic heterocycles. The van der Waals surface area contributed by atoms with E-state index in [1.54, 1.807) is 0 Å². The highest BCUT2D eigenvalue weighted by atomic mass is 79.9. The van der Waals surface area contributed by atoms with Crippen LogP contribution in [0.2, 0.25) is 0 Å². The molecule has 0 bridgehead atoms. The lowest BCUT2D eigenvalue weighted by molar-refractivity contribution is -0.113. The Morgan fingerprint density at radius 2 is 1.76 bits per heavy atom. The summed E-state index contributed by atoms with van der Waals surface area (Å²) in [5.74, 6) is -1.34. The van der Waals surface area contributed by atoms with E-state index in [1.165, 1.54) is 17.8 Å². The fourth-order valence-electron chi connectivity index (χ4n) is 3.00. The first-order chi connectivity index (χ1) is 16.0. The quantitative estimate of drug-likeness (QED) is 0.288. The van der Waals surface area contributed by atoms with Crippen molar-refractivity contribution in [1.29, 1.82) is 0 Å². The molecule has 0 aliphatic heterocycles. The van der Waals surface area contributed by atoms with Crippen molar-refractivity contribution >= 4 is 45.0 Å². The fraction of sp³-hybridized carbons (Fsp3) is 0.0870. The van der Waals surface area contributed by atoms with Crippen molar-refractivity contribution in [3.8, 4) is 5.69 Å². The highest BCUT2D eigenvalue weighted by Crippen LogP contribution is 2.24. The summed E-state index contributed by atoms with van der Waals surface area (Å²) >= 11 is 4.59. The van der Waals surface area contributed by atoms with E-state index in [1.807, 2.05) is 59.2 Å². The standard InChI is InChI=1S/C23H18BrF2N5OS/c24-15-6-9-17(10-7-15)27-13-21-29-30-23(31(21)18-4-2-1-3-5-18)33-14-22(32)28-20-11-8-16(25)12-19(20)26/h1-12,27H,13-14H2,(H,28,32). The van der Waals surface area contributed by atoms with Gasteiger partial charge in [-0.3, -0.25) is 9.36 Å². The Bertz CT molecular complexity index is 1250. The van der Waals surface area contributed by atoms with Crippen LogP contribution in [-0.2, 0) is 11.3 Å². The van der Waals surface area contributed by atoms with E-state index in [4.69, 9.17) is 0 Å². The molecular formula is C23H18BrF2N5OS. The molecule has 0 spiro atoms. The molecule has 3 aromatic carbocycles. The largest absolute Gasteiger partial charge is 0.378 e. The number of carbonyl (C=O) groups is 1. The van der Waals surface area contributed by atoms with Crippen LogP contribution in [-0.4, -0.2) is 26.4 Å². The first-order valence-corrected chi connectivity index (χ1v) is 11.6. The van der Waals surface area contributed by atoms with Gasteiger partial charge in [-0.15, -0.1) is 10.2 Å². The van der Waals surface area contributed by atoms with Crippen LogP contribution in [0, 0.1) is 11.6 Å². The zero-order chi connectivity index (χ0) is 23.2. The molecule has 1 heterocycles. The zero-order valence-electron chi connectivity index (χ0n) is 17.1. The van der Waals surface area contributed by atoms with Gasteiger partial charge in [0.25, 0.3) is 0 Å². The molecule has 4 aromatic rings. The van der Waals surface area contributed by atoms with Gasteiger partial charge in [-0.2, -0.15) is 0 Å². The number of carbonyl (C=O) groups excluding carboxylic acids is 1. The Labute approximate surface area is 201 Å². The Morgan fingerprint density at radius 1 is 1.00 bits per heavy atom. The lowest BCUT2D eigenvalue weighted by atomic mass is 10.3. The van der Waals surface area contributed by atoms with Gasteiger partial charge in [0.1, 0.15) is 11.6 Å². The Morgan fingerprint density at radius 3 is 2.48 bits per heavy atom.